The first kappa shape index (κ1) is 88.3. The van der Waals surface area contributed by atoms with Gasteiger partial charge in [0.1, 0.15) is 48.8 Å². The highest BCUT2D eigenvalue weighted by Crippen LogP contribution is 2.30. The molecule has 1 amide bonds. The number of unbranched alkanes of at least 4 members (excludes halogenated alkanes) is 38. The number of aliphatic hydroxyl groups excluding tert-OH is 8. The Morgan fingerprint density at radius 3 is 1.12 bits per heavy atom. The normalized spacial score (nSPS) is 22.8. The molecule has 12 atom stereocenters. The first-order valence-corrected chi connectivity index (χ1v) is 39.3. The van der Waals surface area contributed by atoms with Crippen LogP contribution in [0.3, 0.4) is 0 Å². The van der Waals surface area contributed by atoms with Crippen molar-refractivity contribution in [3.63, 3.8) is 0 Å². The summed E-state index contributed by atoms with van der Waals surface area (Å²) in [5, 5.41) is 87.9. The van der Waals surface area contributed by atoms with Gasteiger partial charge in [0.25, 0.3) is 0 Å². The van der Waals surface area contributed by atoms with Gasteiger partial charge in [0, 0.05) is 6.42 Å². The Bertz CT molecular complexity index is 1920. The minimum atomic E-state index is -1.79. The van der Waals surface area contributed by atoms with Crippen LogP contribution < -0.4 is 5.32 Å². The van der Waals surface area contributed by atoms with Crippen LogP contribution in [0.15, 0.2) is 85.1 Å². The molecule has 0 radical (unpaired) electrons. The highest BCUT2D eigenvalue weighted by atomic mass is 16.7. The van der Waals surface area contributed by atoms with Crippen LogP contribution in [0.25, 0.3) is 0 Å². The molecule has 2 fully saturated rings. The van der Waals surface area contributed by atoms with Gasteiger partial charge in [-0.05, 0) is 70.6 Å². The Kier molecular flexibility index (Phi) is 60.0. The van der Waals surface area contributed by atoms with Gasteiger partial charge < -0.3 is 65.1 Å². The van der Waals surface area contributed by atoms with Crippen molar-refractivity contribution in [1.82, 2.24) is 5.32 Å². The number of ether oxygens (including phenoxy) is 4. The van der Waals surface area contributed by atoms with Crippen LogP contribution in [0, 0.1) is 0 Å². The van der Waals surface area contributed by atoms with E-state index >= 15 is 0 Å². The van der Waals surface area contributed by atoms with E-state index in [0.29, 0.717) is 12.8 Å². The summed E-state index contributed by atoms with van der Waals surface area (Å²) in [6, 6.07) is -0.837. The van der Waals surface area contributed by atoms with Gasteiger partial charge in [-0.2, -0.15) is 0 Å². The SMILES string of the molecule is CC/C=C\C/C=C\C/C=C\C/C=C\C/C=C\C/C=C\C/C=C\CCCCCCCCCCCCCC(=O)NC(COC1OC(CO)C(OC2OC(CO)C(O)C(O)C2O)C(O)C1O)C(O)CCCCCCCCCCCCCCCCCCCCCCCCCCCCCC. The zero-order chi connectivity index (χ0) is 68.7. The van der Waals surface area contributed by atoms with Gasteiger partial charge in [0.15, 0.2) is 12.6 Å². The Morgan fingerprint density at radius 2 is 0.726 bits per heavy atom. The van der Waals surface area contributed by atoms with E-state index in [1.807, 2.05) is 0 Å². The zero-order valence-corrected chi connectivity index (χ0v) is 60.4. The molecule has 14 nitrogen and oxygen atoms in total. The van der Waals surface area contributed by atoms with Gasteiger partial charge >= 0.3 is 0 Å². The van der Waals surface area contributed by atoms with Crippen LogP contribution in [0.1, 0.15) is 328 Å². The highest BCUT2D eigenvalue weighted by molar-refractivity contribution is 5.76. The fourth-order valence-electron chi connectivity index (χ4n) is 12.7. The molecule has 0 aliphatic carbocycles. The molecule has 2 aliphatic rings. The van der Waals surface area contributed by atoms with Gasteiger partial charge in [-0.3, -0.25) is 4.79 Å². The van der Waals surface area contributed by atoms with Crippen molar-refractivity contribution in [2.24, 2.45) is 0 Å². The summed E-state index contributed by atoms with van der Waals surface area (Å²) in [4.78, 5) is 13.4. The third kappa shape index (κ3) is 47.8. The monoisotopic (exact) mass is 1340 g/mol. The Labute approximate surface area is 580 Å². The first-order valence-electron chi connectivity index (χ1n) is 39.3. The predicted molar refractivity (Wildman–Crippen MR) is 392 cm³/mol. The first-order chi connectivity index (χ1) is 46.6. The minimum Gasteiger partial charge on any atom is -0.394 e. The number of carbonyl (C=O) groups excluding carboxylic acids is 1. The van der Waals surface area contributed by atoms with E-state index in [0.717, 1.165) is 103 Å². The summed E-state index contributed by atoms with van der Waals surface area (Å²) in [6.07, 6.45) is 73.2. The fraction of sp³-hybridized carbons (Fsp3) is 0.815. The summed E-state index contributed by atoms with van der Waals surface area (Å²) >= 11 is 0. The van der Waals surface area contributed by atoms with Crippen molar-refractivity contribution in [3.8, 4) is 0 Å². The molecular formula is C81H145NO13. The number of aliphatic hydroxyl groups is 8. The van der Waals surface area contributed by atoms with Gasteiger partial charge in [0.05, 0.1) is 32.0 Å². The van der Waals surface area contributed by atoms with E-state index in [2.05, 4.69) is 104 Å². The summed E-state index contributed by atoms with van der Waals surface area (Å²) in [7, 11) is 0. The molecule has 552 valence electrons. The topological polar surface area (TPSA) is 228 Å². The highest BCUT2D eigenvalue weighted by Gasteiger charge is 2.51. The lowest BCUT2D eigenvalue weighted by Gasteiger charge is -2.46. The number of nitrogens with one attached hydrogen (secondary N) is 1. The minimum absolute atomic E-state index is 0.209. The molecule has 0 aromatic carbocycles. The van der Waals surface area contributed by atoms with Crippen molar-refractivity contribution < 1.29 is 64.6 Å². The molecular weight excluding hydrogens is 1190 g/mol. The maximum atomic E-state index is 13.4. The van der Waals surface area contributed by atoms with Crippen LogP contribution in [-0.4, -0.2) is 140 Å². The number of rotatable bonds is 65. The smallest absolute Gasteiger partial charge is 0.220 e. The molecule has 2 heterocycles. The molecule has 12 unspecified atom stereocenters. The molecule has 0 aromatic heterocycles. The average Bonchev–Trinajstić information content (AvgIpc) is 0.801. The molecule has 0 saturated carbocycles. The number of hydrogen-bond donors (Lipinski definition) is 9. The summed E-state index contributed by atoms with van der Waals surface area (Å²) in [6.45, 7) is 2.79. The molecule has 0 aromatic rings. The van der Waals surface area contributed by atoms with Crippen molar-refractivity contribution in [3.05, 3.63) is 85.1 Å². The van der Waals surface area contributed by atoms with Gasteiger partial charge in [-0.1, -0.05) is 336 Å². The predicted octanol–water partition coefficient (Wildman–Crippen LogP) is 17.5. The van der Waals surface area contributed by atoms with Crippen molar-refractivity contribution in [2.75, 3.05) is 19.8 Å². The maximum Gasteiger partial charge on any atom is 0.220 e. The molecule has 14 heteroatoms. The third-order valence-corrected chi connectivity index (χ3v) is 18.9. The molecule has 2 saturated heterocycles. The molecule has 2 rings (SSSR count). The van der Waals surface area contributed by atoms with Crippen molar-refractivity contribution >= 4 is 5.91 Å². The summed E-state index contributed by atoms with van der Waals surface area (Å²) in [5.74, 6) is -0.209. The standard InChI is InChI=1S/C81H145NO13/c1-3-5-7-9-11-13-15-17-19-21-23-25-27-29-31-33-34-35-36-37-39-41-43-45-47-49-51-53-55-57-59-61-63-65-73(86)82-69(68-92-80-78(91)76(89)79(72(67-84)94-80)95-81-77(90)75(88)74(87)71(66-83)93-81)70(85)64-62-60-58-56-54-52-50-48-46-44-42-40-38-32-30-28-26-24-22-20-18-16-14-12-10-8-6-4-2/h5,7,11,13,17,19,23,25,29,31,34-35,37,39,69-72,74-81,83-85,87-91H,3-4,6,8-10,12,14-16,18,20-22,24,26-28,30,32-33,36,38,40-68H2,1-2H3,(H,82,86)/b7-5-,13-11-,19-17-,25-23-,31-29-,35-34-,39-37-. The van der Waals surface area contributed by atoms with E-state index in [1.54, 1.807) is 0 Å². The van der Waals surface area contributed by atoms with Crippen LogP contribution in [0.5, 0.6) is 0 Å². The molecule has 95 heavy (non-hydrogen) atoms. The maximum absolute atomic E-state index is 13.4. The second-order valence-electron chi connectivity index (χ2n) is 27.5. The molecule has 9 N–H and O–H groups in total. The Morgan fingerprint density at radius 1 is 0.389 bits per heavy atom. The zero-order valence-electron chi connectivity index (χ0n) is 60.4. The second kappa shape index (κ2) is 64.5. The van der Waals surface area contributed by atoms with E-state index in [9.17, 15) is 45.6 Å². The second-order valence-corrected chi connectivity index (χ2v) is 27.5. The van der Waals surface area contributed by atoms with E-state index < -0.39 is 86.8 Å². The van der Waals surface area contributed by atoms with Crippen LogP contribution in [0.4, 0.5) is 0 Å². The lowest BCUT2D eigenvalue weighted by atomic mass is 9.97. The average molecular weight is 1340 g/mol. The number of amides is 1. The quantitative estimate of drug-likeness (QED) is 0.0204. The number of carbonyl (C=O) groups is 1. The van der Waals surface area contributed by atoms with Crippen molar-refractivity contribution in [1.29, 1.82) is 0 Å². The van der Waals surface area contributed by atoms with Gasteiger partial charge in [0.2, 0.25) is 5.91 Å². The van der Waals surface area contributed by atoms with Gasteiger partial charge in [-0.15, -0.1) is 0 Å². The van der Waals surface area contributed by atoms with Crippen LogP contribution in [-0.2, 0) is 23.7 Å². The Balaban J connectivity index is 1.63. The molecule has 2 aliphatic heterocycles. The number of allylic oxidation sites excluding steroid dienone is 14. The van der Waals surface area contributed by atoms with Crippen molar-refractivity contribution in [2.45, 2.75) is 402 Å². The lowest BCUT2D eigenvalue weighted by molar-refractivity contribution is -0.359. The van der Waals surface area contributed by atoms with E-state index in [-0.39, 0.29) is 12.5 Å². The summed E-state index contributed by atoms with van der Waals surface area (Å²) in [5.41, 5.74) is 0. The fourth-order valence-corrected chi connectivity index (χ4v) is 12.7. The lowest BCUT2D eigenvalue weighted by Crippen LogP contribution is -2.65. The molecule has 0 bridgehead atoms. The van der Waals surface area contributed by atoms with E-state index in [4.69, 9.17) is 18.9 Å². The third-order valence-electron chi connectivity index (χ3n) is 18.9. The van der Waals surface area contributed by atoms with Gasteiger partial charge in [-0.25, -0.2) is 0 Å². The van der Waals surface area contributed by atoms with Crippen LogP contribution in [0.2, 0.25) is 0 Å². The molecule has 0 spiro atoms. The largest absolute Gasteiger partial charge is 0.394 e. The van der Waals surface area contributed by atoms with E-state index in [1.165, 1.54) is 199 Å². The van der Waals surface area contributed by atoms with Crippen LogP contribution >= 0.6 is 0 Å². The Hall–Kier alpha value is -2.83. The summed E-state index contributed by atoms with van der Waals surface area (Å²) < 4.78 is 23.0. The number of hydrogen-bond acceptors (Lipinski definition) is 13.